The van der Waals surface area contributed by atoms with E-state index in [1.165, 1.54) is 5.52 Å². The van der Waals surface area contributed by atoms with Gasteiger partial charge in [0.05, 0.1) is 22.6 Å². The van der Waals surface area contributed by atoms with Crippen molar-refractivity contribution in [3.8, 4) is 5.75 Å². The number of hydrogen-bond donors (Lipinski definition) is 0. The standard InChI is InChI=1S/C22H26N4O3/c1-3-22-23-18-7-5-6-8-19(18)25(22)16-11-13-24(14-12-16)17-9-10-20(26(27)28)21(15-17)29-4-2/h5-10,15-16H,3-4,11-14H2,1-2H3. The number of hydrogen-bond acceptors (Lipinski definition) is 5. The molecule has 0 bridgehead atoms. The molecule has 0 atom stereocenters. The molecule has 3 aromatic rings. The van der Waals surface area contributed by atoms with Crippen molar-refractivity contribution in [2.24, 2.45) is 0 Å². The number of benzene rings is 2. The molecule has 1 aliphatic heterocycles. The first kappa shape index (κ1) is 19.2. The van der Waals surface area contributed by atoms with Gasteiger partial charge in [-0.15, -0.1) is 0 Å². The number of rotatable bonds is 6. The first-order valence-corrected chi connectivity index (χ1v) is 10.2. The molecule has 1 aromatic heterocycles. The van der Waals surface area contributed by atoms with E-state index >= 15 is 0 Å². The maximum absolute atomic E-state index is 11.2. The lowest BCUT2D eigenvalue weighted by Crippen LogP contribution is -2.35. The van der Waals surface area contributed by atoms with Gasteiger partial charge >= 0.3 is 5.69 Å². The van der Waals surface area contributed by atoms with Crippen molar-refractivity contribution in [3.63, 3.8) is 0 Å². The molecule has 1 fully saturated rings. The van der Waals surface area contributed by atoms with Crippen LogP contribution in [0.1, 0.15) is 38.6 Å². The minimum atomic E-state index is -0.391. The number of nitro benzene ring substituents is 1. The summed E-state index contributed by atoms with van der Waals surface area (Å²) in [6, 6.07) is 13.9. The summed E-state index contributed by atoms with van der Waals surface area (Å²) in [6.07, 6.45) is 2.93. The van der Waals surface area contributed by atoms with Crippen LogP contribution >= 0.6 is 0 Å². The van der Waals surface area contributed by atoms with Crippen molar-refractivity contribution in [2.45, 2.75) is 39.2 Å². The fraction of sp³-hybridized carbons (Fsp3) is 0.409. The molecule has 0 unspecified atom stereocenters. The van der Waals surface area contributed by atoms with Crippen LogP contribution < -0.4 is 9.64 Å². The predicted molar refractivity (Wildman–Crippen MR) is 114 cm³/mol. The van der Waals surface area contributed by atoms with Crippen LogP contribution in [-0.4, -0.2) is 34.2 Å². The second-order valence-corrected chi connectivity index (χ2v) is 7.30. The zero-order valence-corrected chi connectivity index (χ0v) is 16.9. The SMILES string of the molecule is CCOc1cc(N2CCC(n3c(CC)nc4ccccc43)CC2)ccc1[N+](=O)[O-]. The van der Waals surface area contributed by atoms with Gasteiger partial charge in [0.1, 0.15) is 5.82 Å². The Bertz CT molecular complexity index is 1020. The van der Waals surface area contributed by atoms with Gasteiger partial charge in [-0.1, -0.05) is 19.1 Å². The Labute approximate surface area is 170 Å². The lowest BCUT2D eigenvalue weighted by Gasteiger charge is -2.35. The highest BCUT2D eigenvalue weighted by atomic mass is 16.6. The molecule has 152 valence electrons. The third-order valence-electron chi connectivity index (χ3n) is 5.62. The van der Waals surface area contributed by atoms with E-state index < -0.39 is 4.92 Å². The second-order valence-electron chi connectivity index (χ2n) is 7.30. The summed E-state index contributed by atoms with van der Waals surface area (Å²) in [5, 5.41) is 11.2. The van der Waals surface area contributed by atoms with Gasteiger partial charge in [-0.25, -0.2) is 4.98 Å². The van der Waals surface area contributed by atoms with E-state index in [0.717, 1.165) is 49.4 Å². The van der Waals surface area contributed by atoms with Crippen LogP contribution in [0.25, 0.3) is 11.0 Å². The lowest BCUT2D eigenvalue weighted by molar-refractivity contribution is -0.385. The zero-order chi connectivity index (χ0) is 20.4. The Morgan fingerprint density at radius 2 is 1.93 bits per heavy atom. The van der Waals surface area contributed by atoms with Crippen LogP contribution in [0.4, 0.5) is 11.4 Å². The van der Waals surface area contributed by atoms with E-state index in [9.17, 15) is 10.1 Å². The Morgan fingerprint density at radius 3 is 2.62 bits per heavy atom. The van der Waals surface area contributed by atoms with Crippen LogP contribution in [0.2, 0.25) is 0 Å². The number of ether oxygens (including phenoxy) is 1. The molecule has 4 rings (SSSR count). The van der Waals surface area contributed by atoms with Crippen molar-refractivity contribution in [2.75, 3.05) is 24.6 Å². The monoisotopic (exact) mass is 394 g/mol. The second kappa shape index (κ2) is 8.11. The number of fused-ring (bicyclic) bond motifs is 1. The third kappa shape index (κ3) is 3.64. The normalized spacial score (nSPS) is 15.0. The minimum Gasteiger partial charge on any atom is -0.487 e. The summed E-state index contributed by atoms with van der Waals surface area (Å²) in [5.74, 6) is 1.48. The molecule has 29 heavy (non-hydrogen) atoms. The number of nitro groups is 1. The molecule has 0 saturated carbocycles. The minimum absolute atomic E-state index is 0.0166. The molecular formula is C22H26N4O3. The zero-order valence-electron chi connectivity index (χ0n) is 16.9. The maximum Gasteiger partial charge on any atom is 0.311 e. The van der Waals surface area contributed by atoms with Gasteiger partial charge in [0.2, 0.25) is 0 Å². The summed E-state index contributed by atoms with van der Waals surface area (Å²) >= 11 is 0. The van der Waals surface area contributed by atoms with E-state index in [1.54, 1.807) is 12.1 Å². The Hall–Kier alpha value is -3.09. The van der Waals surface area contributed by atoms with E-state index in [-0.39, 0.29) is 5.69 Å². The molecule has 0 spiro atoms. The highest BCUT2D eigenvalue weighted by Gasteiger charge is 2.25. The van der Waals surface area contributed by atoms with E-state index in [2.05, 4.69) is 34.6 Å². The summed E-state index contributed by atoms with van der Waals surface area (Å²) in [6.45, 7) is 6.18. The Morgan fingerprint density at radius 1 is 1.17 bits per heavy atom. The summed E-state index contributed by atoms with van der Waals surface area (Å²) in [5.41, 5.74) is 3.26. The van der Waals surface area contributed by atoms with Crippen LogP contribution in [0.15, 0.2) is 42.5 Å². The Kier molecular flexibility index (Phi) is 5.38. The average molecular weight is 394 g/mol. The average Bonchev–Trinajstić information content (AvgIpc) is 3.12. The van der Waals surface area contributed by atoms with Crippen molar-refractivity contribution < 1.29 is 9.66 Å². The number of aromatic nitrogens is 2. The van der Waals surface area contributed by atoms with Gasteiger partial charge in [-0.05, 0) is 38.0 Å². The van der Waals surface area contributed by atoms with Crippen molar-refractivity contribution in [3.05, 3.63) is 58.4 Å². The van der Waals surface area contributed by atoms with Crippen molar-refractivity contribution >= 4 is 22.4 Å². The lowest BCUT2D eigenvalue weighted by atomic mass is 10.0. The fourth-order valence-corrected chi connectivity index (χ4v) is 4.25. The molecule has 0 aliphatic carbocycles. The van der Waals surface area contributed by atoms with E-state index in [0.29, 0.717) is 18.4 Å². The number of anilines is 1. The molecule has 0 radical (unpaired) electrons. The number of aryl methyl sites for hydroxylation is 1. The van der Waals surface area contributed by atoms with Gasteiger partial charge in [0.25, 0.3) is 0 Å². The molecule has 0 amide bonds. The molecule has 0 N–H and O–H groups in total. The molecule has 1 saturated heterocycles. The largest absolute Gasteiger partial charge is 0.487 e. The smallest absolute Gasteiger partial charge is 0.311 e. The van der Waals surface area contributed by atoms with Gasteiger partial charge < -0.3 is 14.2 Å². The van der Waals surface area contributed by atoms with Gasteiger partial charge in [-0.3, -0.25) is 10.1 Å². The first-order chi connectivity index (χ1) is 14.1. The van der Waals surface area contributed by atoms with E-state index in [4.69, 9.17) is 9.72 Å². The molecule has 2 aromatic carbocycles. The van der Waals surface area contributed by atoms with Crippen LogP contribution in [0.3, 0.4) is 0 Å². The molecular weight excluding hydrogens is 368 g/mol. The van der Waals surface area contributed by atoms with E-state index in [1.807, 2.05) is 19.1 Å². The van der Waals surface area contributed by atoms with Crippen LogP contribution in [0, 0.1) is 10.1 Å². The molecule has 7 heteroatoms. The quantitative estimate of drug-likeness (QED) is 0.446. The molecule has 7 nitrogen and oxygen atoms in total. The Balaban J connectivity index is 1.55. The van der Waals surface area contributed by atoms with Gasteiger partial charge in [0.15, 0.2) is 5.75 Å². The third-order valence-corrected chi connectivity index (χ3v) is 5.62. The van der Waals surface area contributed by atoms with Crippen LogP contribution in [-0.2, 0) is 6.42 Å². The summed E-state index contributed by atoms with van der Waals surface area (Å²) < 4.78 is 7.92. The topological polar surface area (TPSA) is 73.4 Å². The predicted octanol–water partition coefficient (Wildman–Crippen LogP) is 4.75. The first-order valence-electron chi connectivity index (χ1n) is 10.2. The molecule has 1 aliphatic rings. The van der Waals surface area contributed by atoms with Crippen molar-refractivity contribution in [1.29, 1.82) is 0 Å². The van der Waals surface area contributed by atoms with Gasteiger partial charge in [-0.2, -0.15) is 0 Å². The number of imidazole rings is 1. The number of para-hydroxylation sites is 2. The highest BCUT2D eigenvalue weighted by Crippen LogP contribution is 2.35. The summed E-state index contributed by atoms with van der Waals surface area (Å²) in [7, 11) is 0. The summed E-state index contributed by atoms with van der Waals surface area (Å²) in [4.78, 5) is 17.9. The number of nitrogens with zero attached hydrogens (tertiary/aromatic N) is 4. The van der Waals surface area contributed by atoms with Crippen molar-refractivity contribution in [1.82, 2.24) is 9.55 Å². The highest BCUT2D eigenvalue weighted by molar-refractivity contribution is 5.76. The van der Waals surface area contributed by atoms with Crippen LogP contribution in [0.5, 0.6) is 5.75 Å². The van der Waals surface area contributed by atoms with Gasteiger partial charge in [0, 0.05) is 43.4 Å². The number of piperidine rings is 1. The molecule has 2 heterocycles. The maximum atomic E-state index is 11.2. The fourth-order valence-electron chi connectivity index (χ4n) is 4.25.